The summed E-state index contributed by atoms with van der Waals surface area (Å²) in [6, 6.07) is 9.53. The van der Waals surface area contributed by atoms with E-state index in [1.165, 1.54) is 43.4 Å². The number of hydrogen-bond donors (Lipinski definition) is 0. The maximum Gasteiger partial charge on any atom is 0.0133 e. The molecule has 0 radical (unpaired) electrons. The van der Waals surface area contributed by atoms with Gasteiger partial charge >= 0.3 is 0 Å². The average Bonchev–Trinajstić information content (AvgIpc) is 2.33. The minimum atomic E-state index is 0. The first-order valence-electron chi connectivity index (χ1n) is 6.21. The number of hydrogen-bond acceptors (Lipinski definition) is 1. The van der Waals surface area contributed by atoms with Crippen molar-refractivity contribution in [3.8, 4) is 0 Å². The molecule has 17 heavy (non-hydrogen) atoms. The number of benzene rings is 1. The van der Waals surface area contributed by atoms with Crippen molar-refractivity contribution < 1.29 is 0 Å². The quantitative estimate of drug-likeness (QED) is 0.790. The Balaban J connectivity index is 0.00000144. The Labute approximate surface area is 111 Å². The average molecular weight is 252 g/mol. The molecule has 2 rings (SSSR count). The summed E-state index contributed by atoms with van der Waals surface area (Å²) in [4.78, 5) is 2.50. The molecule has 0 saturated carbocycles. The highest BCUT2D eigenvalue weighted by molar-refractivity contribution is 5.85. The molecule has 1 aromatic rings. The third-order valence-electron chi connectivity index (χ3n) is 3.61. The summed E-state index contributed by atoms with van der Waals surface area (Å²) < 4.78 is 0. The molecule has 0 aliphatic carbocycles. The fourth-order valence-electron chi connectivity index (χ4n) is 2.46. The van der Waals surface area contributed by atoms with E-state index in [4.69, 9.17) is 0 Å². The number of likely N-dealkylation sites (N-methyl/N-ethyl adjacent to an activating group) is 1. The van der Waals surface area contributed by atoms with Gasteiger partial charge in [0.05, 0.1) is 0 Å². The molecule has 1 fully saturated rings. The van der Waals surface area contributed by atoms with Crippen molar-refractivity contribution in [2.75, 3.05) is 13.6 Å². The van der Waals surface area contributed by atoms with Gasteiger partial charge in [-0.15, -0.1) is 12.4 Å². The van der Waals surface area contributed by atoms with Crippen molar-refractivity contribution >= 4 is 18.5 Å². The van der Waals surface area contributed by atoms with Gasteiger partial charge in [0.1, 0.15) is 0 Å². The van der Waals surface area contributed by atoms with Crippen LogP contribution in [0.4, 0.5) is 0 Å². The van der Waals surface area contributed by atoms with Crippen molar-refractivity contribution in [3.63, 3.8) is 0 Å². The van der Waals surface area contributed by atoms with Crippen molar-refractivity contribution in [2.45, 2.75) is 31.7 Å². The maximum atomic E-state index is 3.78. The SMILES string of the molecule is C=Cc1ccc(CC2CCCCN2C)cc1.Cl. The number of nitrogens with zero attached hydrogens (tertiary/aromatic N) is 1. The van der Waals surface area contributed by atoms with E-state index in [1.54, 1.807) is 0 Å². The normalized spacial score (nSPS) is 20.6. The zero-order chi connectivity index (χ0) is 11.4. The lowest BCUT2D eigenvalue weighted by Crippen LogP contribution is -2.37. The molecule has 0 aromatic heterocycles. The fourth-order valence-corrected chi connectivity index (χ4v) is 2.46. The van der Waals surface area contributed by atoms with E-state index >= 15 is 0 Å². The summed E-state index contributed by atoms with van der Waals surface area (Å²) in [6.07, 6.45) is 7.19. The highest BCUT2D eigenvalue weighted by Crippen LogP contribution is 2.19. The third-order valence-corrected chi connectivity index (χ3v) is 3.61. The Kier molecular flexibility index (Phi) is 5.73. The van der Waals surface area contributed by atoms with E-state index in [0.717, 1.165) is 6.04 Å². The van der Waals surface area contributed by atoms with Gasteiger partial charge in [0.15, 0.2) is 0 Å². The molecule has 1 aromatic carbocycles. The molecule has 0 amide bonds. The van der Waals surface area contributed by atoms with Crippen LogP contribution in [0.5, 0.6) is 0 Å². The van der Waals surface area contributed by atoms with Gasteiger partial charge in [-0.25, -0.2) is 0 Å². The van der Waals surface area contributed by atoms with Crippen LogP contribution < -0.4 is 0 Å². The first kappa shape index (κ1) is 14.3. The lowest BCUT2D eigenvalue weighted by molar-refractivity contribution is 0.184. The molecule has 1 saturated heterocycles. The van der Waals surface area contributed by atoms with E-state index in [1.807, 2.05) is 6.08 Å². The van der Waals surface area contributed by atoms with Gasteiger partial charge in [-0.05, 0) is 44.0 Å². The van der Waals surface area contributed by atoms with Crippen LogP contribution >= 0.6 is 12.4 Å². The molecule has 1 aliphatic heterocycles. The monoisotopic (exact) mass is 251 g/mol. The van der Waals surface area contributed by atoms with Crippen LogP contribution in [0, 0.1) is 0 Å². The second kappa shape index (κ2) is 6.83. The van der Waals surface area contributed by atoms with Crippen LogP contribution in [0.3, 0.4) is 0 Å². The number of likely N-dealkylation sites (tertiary alicyclic amines) is 1. The molecule has 0 N–H and O–H groups in total. The number of halogens is 1. The Morgan fingerprint density at radius 3 is 2.59 bits per heavy atom. The van der Waals surface area contributed by atoms with Gasteiger partial charge in [0.25, 0.3) is 0 Å². The lowest BCUT2D eigenvalue weighted by Gasteiger charge is -2.32. The number of rotatable bonds is 3. The molecule has 94 valence electrons. The molecule has 1 unspecified atom stereocenters. The lowest BCUT2D eigenvalue weighted by atomic mass is 9.96. The molecule has 0 spiro atoms. The first-order chi connectivity index (χ1) is 7.79. The molecule has 1 heterocycles. The largest absolute Gasteiger partial charge is 0.303 e. The van der Waals surface area contributed by atoms with Crippen molar-refractivity contribution in [3.05, 3.63) is 42.0 Å². The zero-order valence-electron chi connectivity index (χ0n) is 10.6. The van der Waals surface area contributed by atoms with Gasteiger partial charge in [-0.3, -0.25) is 0 Å². The van der Waals surface area contributed by atoms with Gasteiger partial charge in [0, 0.05) is 6.04 Å². The molecule has 0 bridgehead atoms. The highest BCUT2D eigenvalue weighted by atomic mass is 35.5. The van der Waals surface area contributed by atoms with Gasteiger partial charge in [0.2, 0.25) is 0 Å². The molecule has 1 aliphatic rings. The third kappa shape index (κ3) is 3.86. The fraction of sp³-hybridized carbons (Fsp3) is 0.467. The Morgan fingerprint density at radius 2 is 2.00 bits per heavy atom. The summed E-state index contributed by atoms with van der Waals surface area (Å²) >= 11 is 0. The molecule has 1 atom stereocenters. The van der Waals surface area contributed by atoms with Crippen LogP contribution in [0.1, 0.15) is 30.4 Å². The summed E-state index contributed by atoms with van der Waals surface area (Å²) in [5.41, 5.74) is 2.66. The predicted octanol–water partition coefficient (Wildman–Crippen LogP) is 3.78. The van der Waals surface area contributed by atoms with Crippen molar-refractivity contribution in [2.24, 2.45) is 0 Å². The first-order valence-corrected chi connectivity index (χ1v) is 6.21. The van der Waals surface area contributed by atoms with Crippen molar-refractivity contribution in [1.29, 1.82) is 0 Å². The van der Waals surface area contributed by atoms with E-state index in [-0.39, 0.29) is 12.4 Å². The van der Waals surface area contributed by atoms with E-state index in [9.17, 15) is 0 Å². The van der Waals surface area contributed by atoms with Crippen molar-refractivity contribution in [1.82, 2.24) is 4.90 Å². The van der Waals surface area contributed by atoms with Crippen LogP contribution in [-0.2, 0) is 6.42 Å². The second-order valence-corrected chi connectivity index (χ2v) is 4.78. The zero-order valence-corrected chi connectivity index (χ0v) is 11.4. The standard InChI is InChI=1S/C15H21N.ClH/c1-3-13-7-9-14(10-8-13)12-15-6-4-5-11-16(15)2;/h3,7-10,15H,1,4-6,11-12H2,2H3;1H. The Bertz CT molecular complexity index is 344. The smallest absolute Gasteiger partial charge is 0.0133 e. The van der Waals surface area contributed by atoms with E-state index < -0.39 is 0 Å². The molecular formula is C15H22ClN. The molecule has 2 heteroatoms. The van der Waals surface area contributed by atoms with Gasteiger partial charge < -0.3 is 4.90 Å². The van der Waals surface area contributed by atoms with E-state index in [0.29, 0.717) is 0 Å². The minimum absolute atomic E-state index is 0. The van der Waals surface area contributed by atoms with Crippen LogP contribution in [0.2, 0.25) is 0 Å². The number of piperidine rings is 1. The van der Waals surface area contributed by atoms with E-state index in [2.05, 4.69) is 42.8 Å². The van der Waals surface area contributed by atoms with Crippen LogP contribution in [0.15, 0.2) is 30.8 Å². The predicted molar refractivity (Wildman–Crippen MR) is 77.8 cm³/mol. The summed E-state index contributed by atoms with van der Waals surface area (Å²) in [6.45, 7) is 5.04. The van der Waals surface area contributed by atoms with Crippen LogP contribution in [-0.4, -0.2) is 24.5 Å². The minimum Gasteiger partial charge on any atom is -0.303 e. The molecule has 1 nitrogen and oxygen atoms in total. The van der Waals surface area contributed by atoms with Gasteiger partial charge in [-0.1, -0.05) is 43.3 Å². The van der Waals surface area contributed by atoms with Gasteiger partial charge in [-0.2, -0.15) is 0 Å². The second-order valence-electron chi connectivity index (χ2n) is 4.78. The summed E-state index contributed by atoms with van der Waals surface area (Å²) in [5.74, 6) is 0. The summed E-state index contributed by atoms with van der Waals surface area (Å²) in [7, 11) is 2.25. The topological polar surface area (TPSA) is 3.24 Å². The Morgan fingerprint density at radius 1 is 1.29 bits per heavy atom. The Hall–Kier alpha value is -0.790. The highest BCUT2D eigenvalue weighted by Gasteiger charge is 2.18. The summed E-state index contributed by atoms with van der Waals surface area (Å²) in [5, 5.41) is 0. The van der Waals surface area contributed by atoms with Crippen LogP contribution in [0.25, 0.3) is 6.08 Å². The molecular weight excluding hydrogens is 230 g/mol. The maximum absolute atomic E-state index is 3.78.